The van der Waals surface area contributed by atoms with Crippen molar-refractivity contribution in [2.24, 2.45) is 0 Å². The van der Waals surface area contributed by atoms with Crippen molar-refractivity contribution >= 4 is 5.97 Å². The molecule has 4 nitrogen and oxygen atoms in total. The summed E-state index contributed by atoms with van der Waals surface area (Å²) < 4.78 is 4.74. The molecular formula is C11H18N2O2. The van der Waals surface area contributed by atoms with Crippen LogP contribution in [-0.2, 0) is 9.53 Å². The van der Waals surface area contributed by atoms with E-state index in [9.17, 15) is 4.79 Å². The first-order valence-corrected chi connectivity index (χ1v) is 5.02. The fraction of sp³-hybridized carbons (Fsp3) is 0.636. The molecule has 84 valence electrons. The topological polar surface area (TPSA) is 53.3 Å². The van der Waals surface area contributed by atoms with E-state index in [0.717, 1.165) is 0 Å². The Morgan fingerprint density at radius 1 is 1.67 bits per heavy atom. The second-order valence-corrected chi connectivity index (χ2v) is 3.31. The van der Waals surface area contributed by atoms with Crippen LogP contribution in [0, 0.1) is 11.3 Å². The van der Waals surface area contributed by atoms with Gasteiger partial charge in [0.25, 0.3) is 0 Å². The van der Waals surface area contributed by atoms with Gasteiger partial charge in [0.05, 0.1) is 19.1 Å². The van der Waals surface area contributed by atoms with Crippen LogP contribution in [0.25, 0.3) is 0 Å². The lowest BCUT2D eigenvalue weighted by molar-refractivity contribution is -0.137. The normalized spacial score (nSPS) is 12.7. The van der Waals surface area contributed by atoms with Crippen LogP contribution < -0.4 is 0 Å². The molecule has 0 radical (unpaired) electrons. The zero-order valence-corrected chi connectivity index (χ0v) is 9.56. The number of carbonyl (C=O) groups excluding carboxylic acids is 1. The van der Waals surface area contributed by atoms with Gasteiger partial charge in [0.2, 0.25) is 0 Å². The monoisotopic (exact) mass is 210 g/mol. The summed E-state index contributed by atoms with van der Waals surface area (Å²) in [6.07, 6.45) is 3.65. The first-order valence-electron chi connectivity index (χ1n) is 5.02. The Labute approximate surface area is 91.1 Å². The van der Waals surface area contributed by atoms with E-state index < -0.39 is 0 Å². The lowest BCUT2D eigenvalue weighted by atomic mass is 10.2. The Bertz CT molecular complexity index is 256. The van der Waals surface area contributed by atoms with E-state index in [1.807, 2.05) is 18.9 Å². The molecule has 0 aliphatic carbocycles. The number of rotatable bonds is 6. The third-order valence-electron chi connectivity index (χ3n) is 2.07. The average Bonchev–Trinajstić information content (AvgIpc) is 2.18. The fourth-order valence-electron chi connectivity index (χ4n) is 0.973. The zero-order chi connectivity index (χ0) is 11.7. The zero-order valence-electron chi connectivity index (χ0n) is 9.56. The number of ether oxygens (including phenoxy) is 1. The first kappa shape index (κ1) is 13.7. The van der Waals surface area contributed by atoms with Gasteiger partial charge in [-0.1, -0.05) is 6.08 Å². The average molecular weight is 210 g/mol. The maximum absolute atomic E-state index is 10.9. The van der Waals surface area contributed by atoms with Crippen LogP contribution in [-0.4, -0.2) is 37.1 Å². The Balaban J connectivity index is 3.84. The van der Waals surface area contributed by atoms with Crippen molar-refractivity contribution in [2.45, 2.75) is 26.3 Å². The molecule has 15 heavy (non-hydrogen) atoms. The maximum atomic E-state index is 10.9. The van der Waals surface area contributed by atoms with Crippen molar-refractivity contribution in [1.82, 2.24) is 4.90 Å². The van der Waals surface area contributed by atoms with Crippen LogP contribution in [0.1, 0.15) is 20.3 Å². The molecule has 0 bridgehead atoms. The molecule has 0 aromatic rings. The minimum atomic E-state index is -0.321. The molecule has 0 N–H and O–H groups in total. The summed E-state index contributed by atoms with van der Waals surface area (Å²) in [5.41, 5.74) is 0. The number of nitriles is 1. The van der Waals surface area contributed by atoms with Crippen molar-refractivity contribution in [3.63, 3.8) is 0 Å². The summed E-state index contributed by atoms with van der Waals surface area (Å²) in [5, 5.41) is 8.50. The Kier molecular flexibility index (Phi) is 7.29. The molecule has 0 aliphatic rings. The van der Waals surface area contributed by atoms with Gasteiger partial charge in [-0.05, 0) is 20.9 Å². The SMILES string of the molecule is CCOC(=O)/C=C/CN(C)C(C)CC#N. The molecule has 0 rings (SSSR count). The number of nitrogens with zero attached hydrogens (tertiary/aromatic N) is 2. The van der Waals surface area contributed by atoms with Gasteiger partial charge in [-0.15, -0.1) is 0 Å². The van der Waals surface area contributed by atoms with Gasteiger partial charge < -0.3 is 4.74 Å². The fourth-order valence-corrected chi connectivity index (χ4v) is 0.973. The van der Waals surface area contributed by atoms with Gasteiger partial charge in [0.1, 0.15) is 0 Å². The smallest absolute Gasteiger partial charge is 0.330 e. The van der Waals surface area contributed by atoms with E-state index in [-0.39, 0.29) is 12.0 Å². The van der Waals surface area contributed by atoms with Crippen LogP contribution in [0.3, 0.4) is 0 Å². The van der Waals surface area contributed by atoms with Crippen LogP contribution in [0.4, 0.5) is 0 Å². The molecule has 0 saturated carbocycles. The van der Waals surface area contributed by atoms with Crippen molar-refractivity contribution in [3.05, 3.63) is 12.2 Å². The Morgan fingerprint density at radius 2 is 2.33 bits per heavy atom. The van der Waals surface area contributed by atoms with Crippen LogP contribution in [0.2, 0.25) is 0 Å². The highest BCUT2D eigenvalue weighted by Gasteiger charge is 2.06. The van der Waals surface area contributed by atoms with Gasteiger partial charge in [0, 0.05) is 18.7 Å². The largest absolute Gasteiger partial charge is 0.463 e. The van der Waals surface area contributed by atoms with Crippen molar-refractivity contribution < 1.29 is 9.53 Å². The Morgan fingerprint density at radius 3 is 2.87 bits per heavy atom. The number of carbonyl (C=O) groups is 1. The van der Waals surface area contributed by atoms with E-state index in [4.69, 9.17) is 10.00 Å². The summed E-state index contributed by atoms with van der Waals surface area (Å²) in [5.74, 6) is -0.321. The van der Waals surface area contributed by atoms with Gasteiger partial charge in [0.15, 0.2) is 0 Å². The van der Waals surface area contributed by atoms with Crippen molar-refractivity contribution in [1.29, 1.82) is 5.26 Å². The molecule has 0 amide bonds. The molecule has 1 unspecified atom stereocenters. The van der Waals surface area contributed by atoms with E-state index in [2.05, 4.69) is 6.07 Å². The number of hydrogen-bond acceptors (Lipinski definition) is 4. The molecule has 4 heteroatoms. The molecule has 0 aliphatic heterocycles. The van der Waals surface area contributed by atoms with E-state index in [1.165, 1.54) is 6.08 Å². The van der Waals surface area contributed by atoms with E-state index in [1.54, 1.807) is 13.0 Å². The molecule has 0 saturated heterocycles. The number of esters is 1. The highest BCUT2D eigenvalue weighted by molar-refractivity contribution is 5.81. The second-order valence-electron chi connectivity index (χ2n) is 3.31. The van der Waals surface area contributed by atoms with Crippen LogP contribution in [0.5, 0.6) is 0 Å². The van der Waals surface area contributed by atoms with E-state index >= 15 is 0 Å². The highest BCUT2D eigenvalue weighted by Crippen LogP contribution is 1.99. The van der Waals surface area contributed by atoms with Gasteiger partial charge >= 0.3 is 5.97 Å². The quantitative estimate of drug-likeness (QED) is 0.490. The van der Waals surface area contributed by atoms with Crippen molar-refractivity contribution in [2.75, 3.05) is 20.2 Å². The highest BCUT2D eigenvalue weighted by atomic mass is 16.5. The molecule has 0 aromatic heterocycles. The predicted molar refractivity (Wildman–Crippen MR) is 58.1 cm³/mol. The molecule has 0 fully saturated rings. The van der Waals surface area contributed by atoms with Crippen LogP contribution >= 0.6 is 0 Å². The first-order chi connectivity index (χ1) is 7.11. The third-order valence-corrected chi connectivity index (χ3v) is 2.07. The minimum absolute atomic E-state index is 0.196. The summed E-state index contributed by atoms with van der Waals surface area (Å²) in [4.78, 5) is 12.9. The molecular weight excluding hydrogens is 192 g/mol. The third kappa shape index (κ3) is 6.69. The van der Waals surface area contributed by atoms with Gasteiger partial charge in [-0.2, -0.15) is 5.26 Å². The summed E-state index contributed by atoms with van der Waals surface area (Å²) in [6, 6.07) is 2.31. The standard InChI is InChI=1S/C11H18N2O2/c1-4-15-11(14)6-5-9-13(3)10(2)7-8-12/h5-6,10H,4,7,9H2,1-3H3/b6-5+. The molecule has 0 spiro atoms. The summed E-state index contributed by atoms with van der Waals surface area (Å²) in [6.45, 7) is 4.78. The lowest BCUT2D eigenvalue weighted by Crippen LogP contribution is -2.28. The molecule has 1 atom stereocenters. The van der Waals surface area contributed by atoms with E-state index in [0.29, 0.717) is 19.6 Å². The molecule has 0 aromatic carbocycles. The maximum Gasteiger partial charge on any atom is 0.330 e. The summed E-state index contributed by atoms with van der Waals surface area (Å²) >= 11 is 0. The van der Waals surface area contributed by atoms with Crippen molar-refractivity contribution in [3.8, 4) is 6.07 Å². The van der Waals surface area contributed by atoms with Crippen LogP contribution in [0.15, 0.2) is 12.2 Å². The number of hydrogen-bond donors (Lipinski definition) is 0. The molecule has 0 heterocycles. The van der Waals surface area contributed by atoms with Gasteiger partial charge in [-0.3, -0.25) is 4.90 Å². The predicted octanol–water partition coefficient (Wildman–Crippen LogP) is 1.34. The summed E-state index contributed by atoms with van der Waals surface area (Å²) in [7, 11) is 1.91. The van der Waals surface area contributed by atoms with Gasteiger partial charge in [-0.25, -0.2) is 4.79 Å². The Hall–Kier alpha value is -1.34. The number of likely N-dealkylation sites (N-methyl/N-ethyl adjacent to an activating group) is 1. The second kappa shape index (κ2) is 8.01. The minimum Gasteiger partial charge on any atom is -0.463 e. The lowest BCUT2D eigenvalue weighted by Gasteiger charge is -2.20.